The van der Waals surface area contributed by atoms with E-state index >= 15 is 0 Å². The van der Waals surface area contributed by atoms with Crippen molar-refractivity contribution in [1.82, 2.24) is 4.98 Å². The predicted molar refractivity (Wildman–Crippen MR) is 69.3 cm³/mol. The molecule has 0 radical (unpaired) electrons. The third kappa shape index (κ3) is 2.39. The van der Waals surface area contributed by atoms with Crippen molar-refractivity contribution in [2.75, 3.05) is 0 Å². The Balaban J connectivity index is 2.50. The van der Waals surface area contributed by atoms with Crippen LogP contribution in [0.1, 0.15) is 17.2 Å². The van der Waals surface area contributed by atoms with Crippen LogP contribution in [0, 0.1) is 11.6 Å². The standard InChI is InChI=1S/C12H8BrClF2N2/c13-8-2-1-7(11(16)10(8)14)12(17)6-3-4-18-5-9(6)15/h1-5,12H,17H2. The van der Waals surface area contributed by atoms with Gasteiger partial charge in [0.2, 0.25) is 0 Å². The summed E-state index contributed by atoms with van der Waals surface area (Å²) < 4.78 is 27.9. The fourth-order valence-electron chi connectivity index (χ4n) is 1.59. The SMILES string of the molecule is NC(c1ccncc1F)c1ccc(Br)c(Cl)c1F. The quantitative estimate of drug-likeness (QED) is 0.849. The van der Waals surface area contributed by atoms with Crippen LogP contribution >= 0.6 is 27.5 Å². The van der Waals surface area contributed by atoms with Crippen LogP contribution in [0.2, 0.25) is 5.02 Å². The zero-order valence-electron chi connectivity index (χ0n) is 9.00. The second-order valence-electron chi connectivity index (χ2n) is 3.64. The van der Waals surface area contributed by atoms with Gasteiger partial charge in [0, 0.05) is 21.8 Å². The van der Waals surface area contributed by atoms with Crippen LogP contribution in [0.15, 0.2) is 35.1 Å². The Morgan fingerprint density at radius 1 is 1.22 bits per heavy atom. The Labute approximate surface area is 116 Å². The lowest BCUT2D eigenvalue weighted by molar-refractivity contribution is 0.572. The van der Waals surface area contributed by atoms with E-state index in [0.717, 1.165) is 6.20 Å². The molecule has 6 heteroatoms. The molecule has 18 heavy (non-hydrogen) atoms. The fourth-order valence-corrected chi connectivity index (χ4v) is 2.07. The summed E-state index contributed by atoms with van der Waals surface area (Å²) in [6, 6.07) is 3.52. The second-order valence-corrected chi connectivity index (χ2v) is 4.87. The van der Waals surface area contributed by atoms with Gasteiger partial charge < -0.3 is 5.73 Å². The maximum atomic E-state index is 14.0. The number of rotatable bonds is 2. The summed E-state index contributed by atoms with van der Waals surface area (Å²) in [6.07, 6.45) is 2.43. The van der Waals surface area contributed by atoms with E-state index in [9.17, 15) is 8.78 Å². The van der Waals surface area contributed by atoms with Gasteiger partial charge in [-0.3, -0.25) is 4.98 Å². The van der Waals surface area contributed by atoms with Crippen LogP contribution in [0.4, 0.5) is 8.78 Å². The molecule has 0 aliphatic heterocycles. The average molecular weight is 334 g/mol. The van der Waals surface area contributed by atoms with Crippen LogP contribution in [-0.4, -0.2) is 4.98 Å². The third-order valence-electron chi connectivity index (χ3n) is 2.54. The molecule has 1 aromatic carbocycles. The molecule has 0 aliphatic carbocycles. The summed E-state index contributed by atoms with van der Waals surface area (Å²) in [5, 5.41) is -0.0718. The zero-order valence-corrected chi connectivity index (χ0v) is 11.3. The highest BCUT2D eigenvalue weighted by Gasteiger charge is 2.19. The van der Waals surface area contributed by atoms with Gasteiger partial charge >= 0.3 is 0 Å². The zero-order chi connectivity index (χ0) is 13.3. The van der Waals surface area contributed by atoms with Crippen molar-refractivity contribution < 1.29 is 8.78 Å². The van der Waals surface area contributed by atoms with Gasteiger partial charge in [-0.25, -0.2) is 8.78 Å². The molecule has 1 unspecified atom stereocenters. The van der Waals surface area contributed by atoms with Crippen LogP contribution in [-0.2, 0) is 0 Å². The van der Waals surface area contributed by atoms with Crippen molar-refractivity contribution in [1.29, 1.82) is 0 Å². The van der Waals surface area contributed by atoms with Crippen LogP contribution < -0.4 is 5.73 Å². The summed E-state index contributed by atoms with van der Waals surface area (Å²) >= 11 is 8.87. The van der Waals surface area contributed by atoms with Crippen molar-refractivity contribution in [3.8, 4) is 0 Å². The molecule has 2 aromatic rings. The van der Waals surface area contributed by atoms with Crippen molar-refractivity contribution in [3.05, 3.63) is 62.8 Å². The minimum Gasteiger partial charge on any atom is -0.320 e. The van der Waals surface area contributed by atoms with E-state index in [1.54, 1.807) is 6.07 Å². The lowest BCUT2D eigenvalue weighted by Gasteiger charge is -2.15. The number of nitrogens with zero attached hydrogens (tertiary/aromatic N) is 1. The first kappa shape index (κ1) is 13.4. The van der Waals surface area contributed by atoms with E-state index in [0.29, 0.717) is 4.47 Å². The number of aromatic nitrogens is 1. The maximum absolute atomic E-state index is 14.0. The summed E-state index contributed by atoms with van der Waals surface area (Å²) in [5.41, 5.74) is 6.16. The molecule has 1 heterocycles. The van der Waals surface area contributed by atoms with Gasteiger partial charge in [-0.15, -0.1) is 0 Å². The van der Waals surface area contributed by atoms with Crippen LogP contribution in [0.3, 0.4) is 0 Å². The van der Waals surface area contributed by atoms with Crippen molar-refractivity contribution >= 4 is 27.5 Å². The van der Waals surface area contributed by atoms with E-state index in [1.165, 1.54) is 18.3 Å². The lowest BCUT2D eigenvalue weighted by Crippen LogP contribution is -2.15. The first-order valence-electron chi connectivity index (χ1n) is 5.00. The van der Waals surface area contributed by atoms with E-state index in [-0.39, 0.29) is 16.1 Å². The lowest BCUT2D eigenvalue weighted by atomic mass is 10.00. The molecule has 0 bridgehead atoms. The van der Waals surface area contributed by atoms with Crippen LogP contribution in [0.5, 0.6) is 0 Å². The van der Waals surface area contributed by atoms with Crippen molar-refractivity contribution in [2.45, 2.75) is 6.04 Å². The number of pyridine rings is 1. The number of halogens is 4. The summed E-state index contributed by atoms with van der Waals surface area (Å²) in [7, 11) is 0. The summed E-state index contributed by atoms with van der Waals surface area (Å²) in [4.78, 5) is 3.62. The molecule has 2 rings (SSSR count). The molecule has 0 saturated carbocycles. The minimum absolute atomic E-state index is 0.0718. The molecule has 0 aliphatic rings. The molecule has 0 spiro atoms. The van der Waals surface area contributed by atoms with Crippen LogP contribution in [0.25, 0.3) is 0 Å². The van der Waals surface area contributed by atoms with Gasteiger partial charge in [0.05, 0.1) is 17.3 Å². The van der Waals surface area contributed by atoms with E-state index in [4.69, 9.17) is 17.3 Å². The molecular weight excluding hydrogens is 325 g/mol. The Morgan fingerprint density at radius 3 is 2.61 bits per heavy atom. The van der Waals surface area contributed by atoms with Crippen molar-refractivity contribution in [3.63, 3.8) is 0 Å². The van der Waals surface area contributed by atoms with Gasteiger partial charge in [0.25, 0.3) is 0 Å². The summed E-state index contributed by atoms with van der Waals surface area (Å²) in [6.45, 7) is 0. The van der Waals surface area contributed by atoms with E-state index in [1.807, 2.05) is 0 Å². The predicted octanol–water partition coefficient (Wildman–Crippen LogP) is 3.82. The molecule has 94 valence electrons. The Bertz CT molecular complexity index is 592. The van der Waals surface area contributed by atoms with E-state index < -0.39 is 17.7 Å². The van der Waals surface area contributed by atoms with Gasteiger partial charge in [-0.1, -0.05) is 17.7 Å². The Kier molecular flexibility index (Phi) is 3.94. The first-order valence-corrected chi connectivity index (χ1v) is 6.18. The molecule has 2 nitrogen and oxygen atoms in total. The maximum Gasteiger partial charge on any atom is 0.148 e. The van der Waals surface area contributed by atoms with E-state index in [2.05, 4.69) is 20.9 Å². The van der Waals surface area contributed by atoms with Gasteiger partial charge in [0.1, 0.15) is 11.6 Å². The highest BCUT2D eigenvalue weighted by Crippen LogP contribution is 2.32. The third-order valence-corrected chi connectivity index (χ3v) is 3.80. The molecule has 0 saturated heterocycles. The smallest absolute Gasteiger partial charge is 0.148 e. The highest BCUT2D eigenvalue weighted by molar-refractivity contribution is 9.10. The minimum atomic E-state index is -0.932. The number of hydrogen-bond donors (Lipinski definition) is 1. The number of nitrogens with two attached hydrogens (primary N) is 1. The van der Waals surface area contributed by atoms with Gasteiger partial charge in [-0.05, 0) is 28.1 Å². The molecule has 2 N–H and O–H groups in total. The van der Waals surface area contributed by atoms with Crippen molar-refractivity contribution in [2.24, 2.45) is 5.73 Å². The molecule has 0 amide bonds. The molecule has 1 aromatic heterocycles. The first-order chi connectivity index (χ1) is 8.52. The normalized spacial score (nSPS) is 12.5. The Morgan fingerprint density at radius 2 is 1.94 bits per heavy atom. The Hall–Kier alpha value is -1.04. The topological polar surface area (TPSA) is 38.9 Å². The molecular formula is C12H8BrClF2N2. The highest BCUT2D eigenvalue weighted by atomic mass is 79.9. The molecule has 1 atom stereocenters. The average Bonchev–Trinajstić information content (AvgIpc) is 2.36. The molecule has 0 fully saturated rings. The fraction of sp³-hybridized carbons (Fsp3) is 0.0833. The number of benzene rings is 1. The number of hydrogen-bond acceptors (Lipinski definition) is 2. The monoisotopic (exact) mass is 332 g/mol. The second kappa shape index (κ2) is 5.30. The van der Waals surface area contributed by atoms with Gasteiger partial charge in [0.15, 0.2) is 0 Å². The largest absolute Gasteiger partial charge is 0.320 e. The summed E-state index contributed by atoms with van der Waals surface area (Å²) in [5.74, 6) is -1.24. The van der Waals surface area contributed by atoms with Gasteiger partial charge in [-0.2, -0.15) is 0 Å².